The molecular weight excluding hydrogens is 463 g/mol. The Hall–Kier alpha value is -4.93. The first kappa shape index (κ1) is 21.6. The number of nitrogens with one attached hydrogen (secondary N) is 3. The number of aromatic amines is 2. The van der Waals surface area contributed by atoms with E-state index < -0.39 is 5.82 Å². The highest BCUT2D eigenvalue weighted by atomic mass is 19.1. The summed E-state index contributed by atoms with van der Waals surface area (Å²) in [5, 5.41) is 10.2. The van der Waals surface area contributed by atoms with Crippen LogP contribution in [-0.4, -0.2) is 41.0 Å². The van der Waals surface area contributed by atoms with Crippen LogP contribution in [0.15, 0.2) is 59.9 Å². The van der Waals surface area contributed by atoms with Crippen LogP contribution in [0.1, 0.15) is 19.8 Å². The Bertz CT molecular complexity index is 1720. The van der Waals surface area contributed by atoms with Gasteiger partial charge >= 0.3 is 0 Å². The van der Waals surface area contributed by atoms with Gasteiger partial charge in [-0.3, -0.25) is 24.8 Å². The first-order valence-corrected chi connectivity index (χ1v) is 11.3. The Morgan fingerprint density at radius 2 is 2.00 bits per heavy atom. The van der Waals surface area contributed by atoms with Gasteiger partial charge in [0.05, 0.1) is 47.0 Å². The fourth-order valence-corrected chi connectivity index (χ4v) is 4.09. The second-order valence-electron chi connectivity index (χ2n) is 8.20. The van der Waals surface area contributed by atoms with E-state index in [1.165, 1.54) is 18.6 Å². The Morgan fingerprint density at radius 1 is 1.08 bits per heavy atom. The maximum atomic E-state index is 15.9. The highest BCUT2D eigenvalue weighted by molar-refractivity contribution is 5.97. The van der Waals surface area contributed by atoms with E-state index in [-0.39, 0.29) is 17.0 Å². The highest BCUT2D eigenvalue weighted by Crippen LogP contribution is 2.34. The van der Waals surface area contributed by atoms with Gasteiger partial charge in [0.1, 0.15) is 22.6 Å². The number of fused-ring (bicyclic) bond motifs is 2. The number of furan rings is 1. The SMILES string of the molecule is CCCC(=O)Nc1cncc(-c2ncc3[nH]nc(-c4nc5c(-c6ccoc6)nccc5[nH]4)c3c2F)c1. The van der Waals surface area contributed by atoms with Crippen LogP contribution in [0.3, 0.4) is 0 Å². The maximum Gasteiger partial charge on any atom is 0.224 e. The fourth-order valence-electron chi connectivity index (χ4n) is 4.09. The zero-order valence-corrected chi connectivity index (χ0v) is 19.0. The Labute approximate surface area is 203 Å². The van der Waals surface area contributed by atoms with Gasteiger partial charge in [-0.05, 0) is 24.6 Å². The summed E-state index contributed by atoms with van der Waals surface area (Å²) < 4.78 is 21.1. The standard InChI is InChI=1S/C25H19FN8O2/c1-2-3-18(35)30-15-8-14(9-27-10-15)21-20(26)19-17(11-29-21)33-34-24(19)25-31-16-4-6-28-22(23(16)32-25)13-5-7-36-12-13/h4-12H,2-3H2,1H3,(H,30,35)(H,31,32)(H,33,34). The van der Waals surface area contributed by atoms with Crippen molar-refractivity contribution >= 4 is 33.5 Å². The Morgan fingerprint density at radius 3 is 2.83 bits per heavy atom. The lowest BCUT2D eigenvalue weighted by Gasteiger charge is -2.07. The lowest BCUT2D eigenvalue weighted by molar-refractivity contribution is -0.116. The minimum Gasteiger partial charge on any atom is -0.472 e. The molecule has 0 fully saturated rings. The van der Waals surface area contributed by atoms with Crippen LogP contribution in [0.25, 0.3) is 56.0 Å². The van der Waals surface area contributed by atoms with Gasteiger partial charge in [0.25, 0.3) is 0 Å². The summed E-state index contributed by atoms with van der Waals surface area (Å²) in [6.07, 6.45) is 10.4. The van der Waals surface area contributed by atoms with E-state index in [4.69, 9.17) is 4.42 Å². The number of imidazole rings is 1. The number of hydrogen-bond donors (Lipinski definition) is 3. The monoisotopic (exact) mass is 482 g/mol. The second kappa shape index (κ2) is 8.69. The van der Waals surface area contributed by atoms with Gasteiger partial charge < -0.3 is 14.7 Å². The summed E-state index contributed by atoms with van der Waals surface area (Å²) >= 11 is 0. The predicted octanol–water partition coefficient (Wildman–Crippen LogP) is 5.10. The molecule has 0 aliphatic heterocycles. The first-order chi connectivity index (χ1) is 17.6. The van der Waals surface area contributed by atoms with Crippen LogP contribution < -0.4 is 5.32 Å². The molecule has 0 aliphatic carbocycles. The molecule has 3 N–H and O–H groups in total. The quantitative estimate of drug-likeness (QED) is 0.300. The summed E-state index contributed by atoms with van der Waals surface area (Å²) in [4.78, 5) is 32.7. The molecule has 0 aromatic carbocycles. The van der Waals surface area contributed by atoms with Crippen molar-refractivity contribution in [2.24, 2.45) is 0 Å². The lowest BCUT2D eigenvalue weighted by atomic mass is 10.1. The normalized spacial score (nSPS) is 11.4. The molecule has 0 unspecified atom stereocenters. The number of anilines is 1. The smallest absolute Gasteiger partial charge is 0.224 e. The molecule has 0 saturated heterocycles. The molecular formula is C25H19FN8O2. The number of pyridine rings is 3. The minimum absolute atomic E-state index is 0.0844. The van der Waals surface area contributed by atoms with Gasteiger partial charge in [-0.2, -0.15) is 5.10 Å². The van der Waals surface area contributed by atoms with Gasteiger partial charge in [0.15, 0.2) is 11.6 Å². The van der Waals surface area contributed by atoms with E-state index in [1.807, 2.05) is 6.92 Å². The number of hydrogen-bond acceptors (Lipinski definition) is 7. The topological polar surface area (TPSA) is 138 Å². The molecule has 6 heterocycles. The third-order valence-corrected chi connectivity index (χ3v) is 5.74. The van der Waals surface area contributed by atoms with Crippen molar-refractivity contribution in [2.45, 2.75) is 19.8 Å². The lowest BCUT2D eigenvalue weighted by Crippen LogP contribution is -2.10. The van der Waals surface area contributed by atoms with Crippen LogP contribution >= 0.6 is 0 Å². The predicted molar refractivity (Wildman–Crippen MR) is 131 cm³/mol. The highest BCUT2D eigenvalue weighted by Gasteiger charge is 2.21. The van der Waals surface area contributed by atoms with E-state index in [0.29, 0.717) is 45.9 Å². The van der Waals surface area contributed by atoms with Crippen molar-refractivity contribution in [1.82, 2.24) is 35.1 Å². The third-order valence-electron chi connectivity index (χ3n) is 5.74. The largest absolute Gasteiger partial charge is 0.472 e. The average molecular weight is 482 g/mol. The van der Waals surface area contributed by atoms with Crippen LogP contribution in [0.4, 0.5) is 10.1 Å². The summed E-state index contributed by atoms with van der Waals surface area (Å²) in [5.74, 6) is -0.334. The summed E-state index contributed by atoms with van der Waals surface area (Å²) in [6.45, 7) is 1.92. The first-order valence-electron chi connectivity index (χ1n) is 11.3. The molecule has 6 rings (SSSR count). The fraction of sp³-hybridized carbons (Fsp3) is 0.120. The van der Waals surface area contributed by atoms with E-state index >= 15 is 4.39 Å². The number of rotatable bonds is 6. The molecule has 178 valence electrons. The number of H-pyrrole nitrogens is 2. The van der Waals surface area contributed by atoms with E-state index in [2.05, 4.69) is 40.4 Å². The molecule has 0 bridgehead atoms. The van der Waals surface area contributed by atoms with Crippen LogP contribution in [0.2, 0.25) is 0 Å². The number of carbonyl (C=O) groups is 1. The van der Waals surface area contributed by atoms with E-state index in [9.17, 15) is 4.79 Å². The number of nitrogens with zero attached hydrogens (tertiary/aromatic N) is 5. The van der Waals surface area contributed by atoms with E-state index in [0.717, 1.165) is 17.5 Å². The van der Waals surface area contributed by atoms with E-state index in [1.54, 1.807) is 36.9 Å². The number of aromatic nitrogens is 7. The maximum absolute atomic E-state index is 15.9. The van der Waals surface area contributed by atoms with Gasteiger partial charge in [-0.1, -0.05) is 6.92 Å². The molecule has 0 saturated carbocycles. The third kappa shape index (κ3) is 3.66. The van der Waals surface area contributed by atoms with Crippen LogP contribution in [0.5, 0.6) is 0 Å². The molecule has 0 radical (unpaired) electrons. The zero-order valence-electron chi connectivity index (χ0n) is 19.0. The van der Waals surface area contributed by atoms with Gasteiger partial charge in [0.2, 0.25) is 5.91 Å². The molecule has 36 heavy (non-hydrogen) atoms. The second-order valence-corrected chi connectivity index (χ2v) is 8.20. The molecule has 0 aliphatic rings. The van der Waals surface area contributed by atoms with Crippen LogP contribution in [0, 0.1) is 5.82 Å². The number of carbonyl (C=O) groups excluding carboxylic acids is 1. The molecule has 10 nitrogen and oxygen atoms in total. The average Bonchev–Trinajstić information content (AvgIpc) is 3.63. The number of amides is 1. The molecule has 0 spiro atoms. The molecule has 1 amide bonds. The van der Waals surface area contributed by atoms with Crippen LogP contribution in [-0.2, 0) is 4.79 Å². The van der Waals surface area contributed by atoms with Crippen molar-refractivity contribution in [1.29, 1.82) is 0 Å². The Kier molecular flexibility index (Phi) is 5.21. The van der Waals surface area contributed by atoms with Crippen molar-refractivity contribution in [3.8, 4) is 34.0 Å². The van der Waals surface area contributed by atoms with Crippen molar-refractivity contribution < 1.29 is 13.6 Å². The number of halogens is 1. The molecule has 0 atom stereocenters. The minimum atomic E-state index is -0.580. The van der Waals surface area contributed by atoms with Gasteiger partial charge in [-0.15, -0.1) is 0 Å². The van der Waals surface area contributed by atoms with Crippen molar-refractivity contribution in [2.75, 3.05) is 5.32 Å². The summed E-state index contributed by atoms with van der Waals surface area (Å²) in [5.41, 5.74) is 4.45. The van der Waals surface area contributed by atoms with Gasteiger partial charge in [-0.25, -0.2) is 9.37 Å². The zero-order chi connectivity index (χ0) is 24.6. The Balaban J connectivity index is 1.44. The summed E-state index contributed by atoms with van der Waals surface area (Å²) in [6, 6.07) is 5.23. The molecule has 6 aromatic rings. The summed E-state index contributed by atoms with van der Waals surface area (Å²) in [7, 11) is 0. The van der Waals surface area contributed by atoms with Crippen molar-refractivity contribution in [3.63, 3.8) is 0 Å². The van der Waals surface area contributed by atoms with Gasteiger partial charge in [0, 0.05) is 29.9 Å². The molecule has 11 heteroatoms. The molecule has 6 aromatic heterocycles. The van der Waals surface area contributed by atoms with Crippen molar-refractivity contribution in [3.05, 3.63) is 61.3 Å².